The Morgan fingerprint density at radius 2 is 1.55 bits per heavy atom. The molecule has 4 N–H and O–H groups in total. The van der Waals surface area contributed by atoms with Crippen LogP contribution in [0.5, 0.6) is 0 Å². The number of nitrogens with one attached hydrogen (secondary N) is 2. The third-order valence-corrected chi connectivity index (χ3v) is 8.49. The van der Waals surface area contributed by atoms with Gasteiger partial charge in [0.2, 0.25) is 0 Å². The van der Waals surface area contributed by atoms with Gasteiger partial charge in [-0.15, -0.1) is 0 Å². The zero-order valence-corrected chi connectivity index (χ0v) is 22.6. The van der Waals surface area contributed by atoms with Crippen LogP contribution in [0.4, 0.5) is 4.79 Å². The van der Waals surface area contributed by atoms with E-state index in [1.54, 1.807) is 30.3 Å². The second-order valence-electron chi connectivity index (χ2n) is 8.77. The average Bonchev–Trinajstić information content (AvgIpc) is 3.26. The van der Waals surface area contributed by atoms with Crippen molar-refractivity contribution in [1.82, 2.24) is 19.6 Å². The monoisotopic (exact) mass is 555 g/mol. The summed E-state index contributed by atoms with van der Waals surface area (Å²) in [4.78, 5) is 17.0. The number of sulfonamides is 1. The van der Waals surface area contributed by atoms with E-state index in [1.807, 2.05) is 40.5 Å². The normalized spacial score (nSPS) is 12.0. The third kappa shape index (κ3) is 6.04. The van der Waals surface area contributed by atoms with Crippen LogP contribution in [0, 0.1) is 0 Å². The summed E-state index contributed by atoms with van der Waals surface area (Å²) < 4.78 is 52.7. The Morgan fingerprint density at radius 3 is 2.16 bits per heavy atom. The van der Waals surface area contributed by atoms with Crippen LogP contribution in [0.25, 0.3) is 16.7 Å². The van der Waals surface area contributed by atoms with Gasteiger partial charge in [-0.2, -0.15) is 0 Å². The van der Waals surface area contributed by atoms with E-state index in [-0.39, 0.29) is 16.3 Å². The van der Waals surface area contributed by atoms with Gasteiger partial charge >= 0.3 is 6.03 Å². The molecule has 0 radical (unpaired) electrons. The van der Waals surface area contributed by atoms with Gasteiger partial charge in [0.15, 0.2) is 9.84 Å². The quantitative estimate of drug-likeness (QED) is 0.287. The molecule has 0 fully saturated rings. The maximum atomic E-state index is 12.4. The van der Waals surface area contributed by atoms with Crippen molar-refractivity contribution in [3.05, 3.63) is 83.7 Å². The molecule has 4 aromatic rings. The number of nitrogens with two attached hydrogens (primary N) is 1. The zero-order valence-electron chi connectivity index (χ0n) is 21.0. The minimum atomic E-state index is -3.99. The molecule has 12 heteroatoms. The fourth-order valence-corrected chi connectivity index (χ4v) is 5.59. The summed E-state index contributed by atoms with van der Waals surface area (Å²) in [6.45, 7) is 2.51. The van der Waals surface area contributed by atoms with E-state index < -0.39 is 25.9 Å². The second-order valence-corrected chi connectivity index (χ2v) is 12.5. The van der Waals surface area contributed by atoms with Gasteiger partial charge in [-0.05, 0) is 60.0 Å². The van der Waals surface area contributed by atoms with E-state index in [2.05, 4.69) is 10.3 Å². The fourth-order valence-electron chi connectivity index (χ4n) is 4.02. The Morgan fingerprint density at radius 1 is 0.921 bits per heavy atom. The Hall–Kier alpha value is -3.74. The fraction of sp³-hybridized carbons (Fsp3) is 0.231. The van der Waals surface area contributed by atoms with Crippen LogP contribution in [0.1, 0.15) is 23.9 Å². The van der Waals surface area contributed by atoms with Crippen molar-refractivity contribution in [2.45, 2.75) is 36.1 Å². The first-order valence-electron chi connectivity index (χ1n) is 11.9. The maximum Gasteiger partial charge on any atom is 0.328 e. The van der Waals surface area contributed by atoms with Gasteiger partial charge in [0, 0.05) is 31.5 Å². The molecule has 38 heavy (non-hydrogen) atoms. The number of aryl methyl sites for hydroxylation is 1. The van der Waals surface area contributed by atoms with E-state index in [1.165, 1.54) is 18.4 Å². The van der Waals surface area contributed by atoms with Gasteiger partial charge in [-0.3, -0.25) is 4.57 Å². The molecule has 1 aromatic heterocycles. The molecule has 0 atom stereocenters. The van der Waals surface area contributed by atoms with E-state index in [0.717, 1.165) is 28.2 Å². The lowest BCUT2D eigenvalue weighted by Gasteiger charge is -2.11. The minimum Gasteiger partial charge on any atom is -0.337 e. The van der Waals surface area contributed by atoms with Crippen LogP contribution in [0.15, 0.2) is 76.5 Å². The SMILES string of the molecule is CCc1nc2cc(S(C)(=O)=O)ccc2n1-c1ccc(CCNC(=O)NS(=O)(=O)c2ccc(CN)cc2)cc1. The Bertz CT molecular complexity index is 1680. The molecule has 200 valence electrons. The highest BCUT2D eigenvalue weighted by Crippen LogP contribution is 2.25. The summed E-state index contributed by atoms with van der Waals surface area (Å²) >= 11 is 0. The molecule has 0 unspecified atom stereocenters. The predicted molar refractivity (Wildman–Crippen MR) is 145 cm³/mol. The van der Waals surface area contributed by atoms with Gasteiger partial charge in [-0.25, -0.2) is 31.3 Å². The van der Waals surface area contributed by atoms with Crippen LogP contribution >= 0.6 is 0 Å². The van der Waals surface area contributed by atoms with Crippen molar-refractivity contribution < 1.29 is 21.6 Å². The lowest BCUT2D eigenvalue weighted by molar-refractivity contribution is 0.246. The first-order chi connectivity index (χ1) is 18.0. The largest absolute Gasteiger partial charge is 0.337 e. The first-order valence-corrected chi connectivity index (χ1v) is 15.3. The lowest BCUT2D eigenvalue weighted by atomic mass is 10.1. The third-order valence-electron chi connectivity index (χ3n) is 6.03. The molecular formula is C26H29N5O5S2. The van der Waals surface area contributed by atoms with Gasteiger partial charge in [0.05, 0.1) is 20.8 Å². The number of nitrogens with zero attached hydrogens (tertiary/aromatic N) is 2. The van der Waals surface area contributed by atoms with E-state index >= 15 is 0 Å². The summed E-state index contributed by atoms with van der Waals surface area (Å²) in [7, 11) is -7.33. The molecule has 2 amide bonds. The van der Waals surface area contributed by atoms with Crippen LogP contribution in [-0.4, -0.2) is 45.2 Å². The number of carbonyl (C=O) groups excluding carboxylic acids is 1. The number of aromatic nitrogens is 2. The topological polar surface area (TPSA) is 153 Å². The number of benzene rings is 3. The Balaban J connectivity index is 1.40. The molecule has 0 aliphatic carbocycles. The summed E-state index contributed by atoms with van der Waals surface area (Å²) in [6.07, 6.45) is 2.31. The van der Waals surface area contributed by atoms with Crippen LogP contribution in [-0.2, 0) is 39.2 Å². The van der Waals surface area contributed by atoms with Crippen molar-refractivity contribution in [2.24, 2.45) is 5.73 Å². The molecule has 4 rings (SSSR count). The van der Waals surface area contributed by atoms with Crippen molar-refractivity contribution >= 4 is 36.9 Å². The minimum absolute atomic E-state index is 0.0218. The number of urea groups is 1. The first kappa shape index (κ1) is 27.3. The summed E-state index contributed by atoms with van der Waals surface area (Å²) in [5, 5.41) is 2.57. The van der Waals surface area contributed by atoms with Gasteiger partial charge < -0.3 is 11.1 Å². The smallest absolute Gasteiger partial charge is 0.328 e. The number of sulfone groups is 1. The van der Waals surface area contributed by atoms with E-state index in [0.29, 0.717) is 24.9 Å². The molecule has 0 saturated carbocycles. The zero-order chi connectivity index (χ0) is 27.5. The lowest BCUT2D eigenvalue weighted by Crippen LogP contribution is -2.40. The van der Waals surface area contributed by atoms with Crippen molar-refractivity contribution in [3.63, 3.8) is 0 Å². The highest BCUT2D eigenvalue weighted by atomic mass is 32.2. The number of hydrogen-bond acceptors (Lipinski definition) is 7. The van der Waals surface area contributed by atoms with E-state index in [4.69, 9.17) is 5.73 Å². The van der Waals surface area contributed by atoms with E-state index in [9.17, 15) is 21.6 Å². The van der Waals surface area contributed by atoms with Crippen LogP contribution < -0.4 is 15.8 Å². The van der Waals surface area contributed by atoms with Crippen LogP contribution in [0.2, 0.25) is 0 Å². The molecule has 0 spiro atoms. The Kier molecular flexibility index (Phi) is 7.86. The molecule has 0 aliphatic heterocycles. The van der Waals surface area contributed by atoms with Gasteiger partial charge in [0.25, 0.3) is 10.0 Å². The molecule has 0 saturated heterocycles. The van der Waals surface area contributed by atoms with Crippen molar-refractivity contribution in [1.29, 1.82) is 0 Å². The van der Waals surface area contributed by atoms with Gasteiger partial charge in [-0.1, -0.05) is 31.2 Å². The molecule has 3 aromatic carbocycles. The predicted octanol–water partition coefficient (Wildman–Crippen LogP) is 2.68. The summed E-state index contributed by atoms with van der Waals surface area (Å²) in [6, 6.07) is 17.8. The molecule has 10 nitrogen and oxygen atoms in total. The summed E-state index contributed by atoms with van der Waals surface area (Å²) in [5.41, 5.74) is 9.54. The number of amides is 2. The molecule has 0 aliphatic rings. The van der Waals surface area contributed by atoms with Crippen molar-refractivity contribution in [3.8, 4) is 5.69 Å². The highest BCUT2D eigenvalue weighted by molar-refractivity contribution is 7.90. The summed E-state index contributed by atoms with van der Waals surface area (Å²) in [5.74, 6) is 0.801. The van der Waals surface area contributed by atoms with Crippen LogP contribution in [0.3, 0.4) is 0 Å². The average molecular weight is 556 g/mol. The maximum absolute atomic E-state index is 12.4. The standard InChI is InChI=1S/C26H29N5O5S2/c1-3-25-29-23-16-22(37(2,33)34)12-13-24(23)31(25)20-8-4-18(5-9-20)14-15-28-26(32)30-38(35,36)21-10-6-19(17-27)7-11-21/h4-13,16H,3,14-15,17,27H2,1-2H3,(H2,28,30,32). The number of carbonyl (C=O) groups is 1. The molecular weight excluding hydrogens is 526 g/mol. The second kappa shape index (κ2) is 10.9. The number of hydrogen-bond donors (Lipinski definition) is 3. The number of fused-ring (bicyclic) bond motifs is 1. The molecule has 0 bridgehead atoms. The highest BCUT2D eigenvalue weighted by Gasteiger charge is 2.18. The van der Waals surface area contributed by atoms with Gasteiger partial charge in [0.1, 0.15) is 5.82 Å². The number of rotatable bonds is 9. The Labute approximate surface area is 221 Å². The molecule has 1 heterocycles. The van der Waals surface area contributed by atoms with Crippen molar-refractivity contribution in [2.75, 3.05) is 12.8 Å². The number of imidazole rings is 1.